The first-order valence-electron chi connectivity index (χ1n) is 9.26. The molecule has 7 heteroatoms. The van der Waals surface area contributed by atoms with Crippen molar-refractivity contribution >= 4 is 28.8 Å². The van der Waals surface area contributed by atoms with Gasteiger partial charge in [-0.2, -0.15) is 0 Å². The van der Waals surface area contributed by atoms with Crippen molar-refractivity contribution in [3.8, 4) is 11.3 Å². The van der Waals surface area contributed by atoms with Crippen molar-refractivity contribution < 1.29 is 14.0 Å². The number of likely N-dealkylation sites (tertiary alicyclic amines) is 1. The average molecular weight is 395 g/mol. The Morgan fingerprint density at radius 1 is 1.25 bits per heavy atom. The van der Waals surface area contributed by atoms with Gasteiger partial charge in [0, 0.05) is 31.3 Å². The van der Waals surface area contributed by atoms with Gasteiger partial charge in [-0.05, 0) is 48.6 Å². The van der Waals surface area contributed by atoms with E-state index in [1.165, 1.54) is 11.3 Å². The molecule has 3 aromatic rings. The lowest BCUT2D eigenvalue weighted by Crippen LogP contribution is -2.43. The molecule has 0 aliphatic carbocycles. The van der Waals surface area contributed by atoms with E-state index in [0.717, 1.165) is 29.0 Å². The predicted octanol–water partition coefficient (Wildman–Crippen LogP) is 4.20. The number of nitrogens with zero attached hydrogens (tertiary/aromatic N) is 2. The summed E-state index contributed by atoms with van der Waals surface area (Å²) in [5.41, 5.74) is 1.63. The molecule has 1 aliphatic heterocycles. The van der Waals surface area contributed by atoms with Crippen molar-refractivity contribution in [2.24, 2.45) is 5.92 Å². The number of carbonyl (C=O) groups is 2. The first-order chi connectivity index (χ1) is 13.6. The summed E-state index contributed by atoms with van der Waals surface area (Å²) in [7, 11) is 0. The summed E-state index contributed by atoms with van der Waals surface area (Å²) in [6.07, 6.45) is 3.30. The maximum atomic E-state index is 12.7. The highest BCUT2D eigenvalue weighted by Crippen LogP contribution is 2.24. The number of hydrogen-bond acceptors (Lipinski definition) is 5. The molecule has 2 aromatic heterocycles. The number of oxazole rings is 1. The fourth-order valence-electron chi connectivity index (χ4n) is 3.39. The smallest absolute Gasteiger partial charge is 0.263 e. The lowest BCUT2D eigenvalue weighted by molar-refractivity contribution is -0.121. The zero-order valence-electron chi connectivity index (χ0n) is 15.6. The van der Waals surface area contributed by atoms with Crippen LogP contribution >= 0.6 is 11.3 Å². The van der Waals surface area contributed by atoms with Crippen LogP contribution in [0.2, 0.25) is 0 Å². The molecular weight excluding hydrogens is 374 g/mol. The van der Waals surface area contributed by atoms with Crippen LogP contribution in [-0.2, 0) is 4.79 Å². The second-order valence-electron chi connectivity index (χ2n) is 6.88. The molecule has 1 atom stereocenters. The molecule has 4 rings (SSSR count). The first kappa shape index (κ1) is 18.4. The average Bonchev–Trinajstić information content (AvgIpc) is 3.40. The minimum Gasteiger partial charge on any atom is -0.441 e. The van der Waals surface area contributed by atoms with Crippen LogP contribution in [0, 0.1) is 12.8 Å². The summed E-state index contributed by atoms with van der Waals surface area (Å²) in [4.78, 5) is 31.9. The number of anilines is 1. The number of piperidine rings is 1. The number of hydrogen-bond donors (Lipinski definition) is 1. The quantitative estimate of drug-likeness (QED) is 0.718. The van der Waals surface area contributed by atoms with E-state index >= 15 is 0 Å². The predicted molar refractivity (Wildman–Crippen MR) is 108 cm³/mol. The van der Waals surface area contributed by atoms with Gasteiger partial charge in [0.25, 0.3) is 5.91 Å². The van der Waals surface area contributed by atoms with E-state index in [2.05, 4.69) is 10.3 Å². The number of nitrogens with one attached hydrogen (secondary N) is 1. The van der Waals surface area contributed by atoms with Crippen LogP contribution in [0.25, 0.3) is 11.3 Å². The Morgan fingerprint density at radius 3 is 2.75 bits per heavy atom. The number of aryl methyl sites for hydroxylation is 1. The van der Waals surface area contributed by atoms with E-state index in [1.807, 2.05) is 41.8 Å². The highest BCUT2D eigenvalue weighted by molar-refractivity contribution is 7.12. The van der Waals surface area contributed by atoms with Crippen LogP contribution in [-0.4, -0.2) is 34.8 Å². The third kappa shape index (κ3) is 3.99. The van der Waals surface area contributed by atoms with Gasteiger partial charge in [-0.3, -0.25) is 9.59 Å². The molecule has 1 aliphatic rings. The Labute approximate surface area is 167 Å². The summed E-state index contributed by atoms with van der Waals surface area (Å²) >= 11 is 1.43. The van der Waals surface area contributed by atoms with Gasteiger partial charge >= 0.3 is 0 Å². The Bertz CT molecular complexity index is 963. The van der Waals surface area contributed by atoms with Gasteiger partial charge in [-0.15, -0.1) is 11.3 Å². The molecule has 144 valence electrons. The fraction of sp³-hybridized carbons (Fsp3) is 0.286. The number of carbonyl (C=O) groups excluding carboxylic acids is 2. The monoisotopic (exact) mass is 395 g/mol. The largest absolute Gasteiger partial charge is 0.441 e. The van der Waals surface area contributed by atoms with Gasteiger partial charge < -0.3 is 14.6 Å². The number of thiophene rings is 1. The highest BCUT2D eigenvalue weighted by Gasteiger charge is 2.29. The summed E-state index contributed by atoms with van der Waals surface area (Å²) in [6, 6.07) is 11.2. The Balaban J connectivity index is 1.38. The second-order valence-corrected chi connectivity index (χ2v) is 7.83. The van der Waals surface area contributed by atoms with Gasteiger partial charge in [-0.1, -0.05) is 6.07 Å². The molecule has 1 fully saturated rings. The number of aromatic nitrogens is 1. The molecular formula is C21H21N3O3S. The minimum atomic E-state index is -0.200. The Hall–Kier alpha value is -2.93. The minimum absolute atomic E-state index is 0.0132. The van der Waals surface area contributed by atoms with Crippen LogP contribution in [0.1, 0.15) is 28.4 Å². The van der Waals surface area contributed by atoms with Crippen LogP contribution < -0.4 is 5.32 Å². The van der Waals surface area contributed by atoms with Gasteiger partial charge in [-0.25, -0.2) is 4.98 Å². The molecule has 3 heterocycles. The molecule has 1 aromatic carbocycles. The molecule has 1 saturated heterocycles. The normalized spacial score (nSPS) is 16.8. The molecule has 2 amide bonds. The third-order valence-corrected chi connectivity index (χ3v) is 5.73. The Kier molecular flexibility index (Phi) is 5.25. The van der Waals surface area contributed by atoms with Crippen molar-refractivity contribution in [2.45, 2.75) is 19.8 Å². The van der Waals surface area contributed by atoms with Crippen molar-refractivity contribution in [1.82, 2.24) is 9.88 Å². The van der Waals surface area contributed by atoms with Crippen LogP contribution in [0.3, 0.4) is 0 Å². The van der Waals surface area contributed by atoms with Crippen LogP contribution in [0.15, 0.2) is 52.4 Å². The lowest BCUT2D eigenvalue weighted by Gasteiger charge is -2.31. The van der Waals surface area contributed by atoms with Gasteiger partial charge in [0.15, 0.2) is 11.7 Å². The van der Waals surface area contributed by atoms with Crippen molar-refractivity contribution in [1.29, 1.82) is 0 Å². The molecule has 28 heavy (non-hydrogen) atoms. The molecule has 1 unspecified atom stereocenters. The molecule has 0 bridgehead atoms. The van der Waals surface area contributed by atoms with Crippen molar-refractivity contribution in [3.05, 3.63) is 58.7 Å². The molecule has 1 N–H and O–H groups in total. The first-order valence-corrected chi connectivity index (χ1v) is 10.1. The maximum Gasteiger partial charge on any atom is 0.263 e. The Morgan fingerprint density at radius 2 is 2.07 bits per heavy atom. The van der Waals surface area contributed by atoms with Crippen LogP contribution in [0.5, 0.6) is 0 Å². The number of amides is 2. The highest BCUT2D eigenvalue weighted by atomic mass is 32.1. The standard InChI is InChI=1S/C21H21N3O3S/c1-14-22-12-18(27-14)15-6-8-17(9-7-15)23-20(25)16-4-2-10-24(13-16)21(26)19-5-3-11-28-19/h3,5-9,11-12,16H,2,4,10,13H2,1H3,(H,23,25). The fourth-order valence-corrected chi connectivity index (χ4v) is 4.08. The van der Waals surface area contributed by atoms with E-state index < -0.39 is 0 Å². The van der Waals surface area contributed by atoms with E-state index in [4.69, 9.17) is 4.42 Å². The summed E-state index contributed by atoms with van der Waals surface area (Å²) in [5, 5.41) is 4.86. The van der Waals surface area contributed by atoms with E-state index in [0.29, 0.717) is 24.7 Å². The molecule has 0 spiro atoms. The van der Waals surface area contributed by atoms with Crippen molar-refractivity contribution in [2.75, 3.05) is 18.4 Å². The SMILES string of the molecule is Cc1ncc(-c2ccc(NC(=O)C3CCCN(C(=O)c4cccs4)C3)cc2)o1. The van der Waals surface area contributed by atoms with E-state index in [-0.39, 0.29) is 17.7 Å². The van der Waals surface area contributed by atoms with E-state index in [1.54, 1.807) is 18.0 Å². The molecule has 0 saturated carbocycles. The number of benzene rings is 1. The van der Waals surface area contributed by atoms with Gasteiger partial charge in [0.2, 0.25) is 5.91 Å². The second kappa shape index (κ2) is 7.98. The van der Waals surface area contributed by atoms with Crippen LogP contribution in [0.4, 0.5) is 5.69 Å². The summed E-state index contributed by atoms with van der Waals surface area (Å²) < 4.78 is 5.52. The maximum absolute atomic E-state index is 12.7. The summed E-state index contributed by atoms with van der Waals surface area (Å²) in [6.45, 7) is 2.96. The zero-order chi connectivity index (χ0) is 19.5. The van der Waals surface area contributed by atoms with Gasteiger partial charge in [0.1, 0.15) is 0 Å². The van der Waals surface area contributed by atoms with Crippen molar-refractivity contribution in [3.63, 3.8) is 0 Å². The molecule has 0 radical (unpaired) electrons. The van der Waals surface area contributed by atoms with E-state index in [9.17, 15) is 9.59 Å². The molecule has 6 nitrogen and oxygen atoms in total. The third-order valence-electron chi connectivity index (χ3n) is 4.87. The topological polar surface area (TPSA) is 75.4 Å². The lowest BCUT2D eigenvalue weighted by atomic mass is 9.96. The van der Waals surface area contributed by atoms with Gasteiger partial charge in [0.05, 0.1) is 17.0 Å². The zero-order valence-corrected chi connectivity index (χ0v) is 16.4. The number of rotatable bonds is 4. The summed E-state index contributed by atoms with van der Waals surface area (Å²) in [5.74, 6) is 1.08.